The van der Waals surface area contributed by atoms with Crippen molar-refractivity contribution in [2.75, 3.05) is 6.61 Å². The van der Waals surface area contributed by atoms with Gasteiger partial charge in [0.15, 0.2) is 29.3 Å². The molecule has 0 aliphatic carbocycles. The summed E-state index contributed by atoms with van der Waals surface area (Å²) in [7, 11) is 0. The summed E-state index contributed by atoms with van der Waals surface area (Å²) >= 11 is 0. The SMILES string of the molecule is O=c1ccc2cc(O[C@@H]3O[C@@H]4COC(c5ccc(O)c(O)c5)O[C@H]4[C@H](O)[C@H]3O)c(O)cc2o1. The first-order valence-electron chi connectivity index (χ1n) is 10.0. The molecule has 3 aromatic rings. The van der Waals surface area contributed by atoms with Crippen LogP contribution in [0.4, 0.5) is 0 Å². The van der Waals surface area contributed by atoms with E-state index in [1.54, 1.807) is 0 Å². The van der Waals surface area contributed by atoms with Crippen LogP contribution in [0.2, 0.25) is 0 Å². The van der Waals surface area contributed by atoms with E-state index >= 15 is 0 Å². The number of aliphatic hydroxyl groups excluding tert-OH is 2. The van der Waals surface area contributed by atoms with E-state index in [0.717, 1.165) is 0 Å². The number of rotatable bonds is 3. The summed E-state index contributed by atoms with van der Waals surface area (Å²) in [5.74, 6) is -1.07. The van der Waals surface area contributed by atoms with Crippen LogP contribution in [0.5, 0.6) is 23.0 Å². The van der Waals surface area contributed by atoms with Crippen molar-refractivity contribution in [3.63, 3.8) is 0 Å². The second-order valence-electron chi connectivity index (χ2n) is 7.77. The van der Waals surface area contributed by atoms with Gasteiger partial charge in [-0.3, -0.25) is 0 Å². The molecule has 2 saturated heterocycles. The normalized spacial score (nSPS) is 29.5. The Labute approximate surface area is 185 Å². The van der Waals surface area contributed by atoms with Gasteiger partial charge in [0.05, 0.1) is 6.61 Å². The maximum Gasteiger partial charge on any atom is 0.336 e. The zero-order valence-electron chi connectivity index (χ0n) is 16.9. The van der Waals surface area contributed by atoms with Gasteiger partial charge in [-0.15, -0.1) is 0 Å². The molecular formula is C22H20O11. The molecule has 3 heterocycles. The van der Waals surface area contributed by atoms with Gasteiger partial charge in [-0.2, -0.15) is 0 Å². The Kier molecular flexibility index (Phi) is 5.35. The Morgan fingerprint density at radius 1 is 0.879 bits per heavy atom. The molecule has 33 heavy (non-hydrogen) atoms. The molecule has 174 valence electrons. The van der Waals surface area contributed by atoms with Gasteiger partial charge in [0.1, 0.15) is 30.0 Å². The maximum absolute atomic E-state index is 11.3. The molecule has 5 N–H and O–H groups in total. The molecule has 2 aromatic carbocycles. The molecule has 1 unspecified atom stereocenters. The van der Waals surface area contributed by atoms with Gasteiger partial charge in [0, 0.05) is 23.1 Å². The van der Waals surface area contributed by atoms with Crippen molar-refractivity contribution in [1.29, 1.82) is 0 Å². The average Bonchev–Trinajstić information content (AvgIpc) is 2.79. The molecule has 11 heteroatoms. The van der Waals surface area contributed by atoms with Gasteiger partial charge in [0.2, 0.25) is 6.29 Å². The van der Waals surface area contributed by atoms with Gasteiger partial charge < -0.3 is 48.9 Å². The average molecular weight is 460 g/mol. The first kappa shape index (κ1) is 21.5. The summed E-state index contributed by atoms with van der Waals surface area (Å²) in [6.07, 6.45) is -7.08. The van der Waals surface area contributed by atoms with Crippen LogP contribution < -0.4 is 10.4 Å². The molecule has 0 amide bonds. The fourth-order valence-electron chi connectivity index (χ4n) is 3.83. The van der Waals surface area contributed by atoms with Crippen molar-refractivity contribution in [3.8, 4) is 23.0 Å². The highest BCUT2D eigenvalue weighted by Gasteiger charge is 2.50. The highest BCUT2D eigenvalue weighted by Crippen LogP contribution is 2.38. The third-order valence-electron chi connectivity index (χ3n) is 5.55. The fraction of sp³-hybridized carbons (Fsp3) is 0.318. The predicted octanol–water partition coefficient (Wildman–Crippen LogP) is 0.849. The highest BCUT2D eigenvalue weighted by atomic mass is 16.8. The monoisotopic (exact) mass is 460 g/mol. The minimum absolute atomic E-state index is 0.0323. The molecule has 0 spiro atoms. The Bertz CT molecular complexity index is 1240. The molecule has 1 aromatic heterocycles. The van der Waals surface area contributed by atoms with Gasteiger partial charge in [-0.05, 0) is 24.3 Å². The molecule has 0 saturated carbocycles. The second kappa shape index (κ2) is 8.21. The summed E-state index contributed by atoms with van der Waals surface area (Å²) in [5, 5.41) is 51.1. The van der Waals surface area contributed by atoms with E-state index in [9.17, 15) is 30.3 Å². The largest absolute Gasteiger partial charge is 0.504 e. The van der Waals surface area contributed by atoms with E-state index < -0.39 is 42.6 Å². The van der Waals surface area contributed by atoms with Gasteiger partial charge in [-0.1, -0.05) is 6.07 Å². The van der Waals surface area contributed by atoms with Crippen molar-refractivity contribution in [1.82, 2.24) is 0 Å². The summed E-state index contributed by atoms with van der Waals surface area (Å²) in [6.45, 7) is -0.0323. The number of fused-ring (bicyclic) bond motifs is 2. The van der Waals surface area contributed by atoms with Crippen LogP contribution in [0.15, 0.2) is 51.7 Å². The van der Waals surface area contributed by atoms with E-state index in [1.165, 1.54) is 42.5 Å². The van der Waals surface area contributed by atoms with Crippen LogP contribution >= 0.6 is 0 Å². The highest BCUT2D eigenvalue weighted by molar-refractivity contribution is 5.80. The van der Waals surface area contributed by atoms with Gasteiger partial charge >= 0.3 is 5.63 Å². The molecule has 6 atom stereocenters. The van der Waals surface area contributed by atoms with Crippen LogP contribution in [0.3, 0.4) is 0 Å². The lowest BCUT2D eigenvalue weighted by Crippen LogP contribution is -2.62. The Balaban J connectivity index is 1.33. The van der Waals surface area contributed by atoms with Crippen molar-refractivity contribution >= 4 is 11.0 Å². The molecule has 2 aliphatic rings. The van der Waals surface area contributed by atoms with E-state index in [1.807, 2.05) is 0 Å². The van der Waals surface area contributed by atoms with E-state index in [0.29, 0.717) is 10.9 Å². The first-order valence-corrected chi connectivity index (χ1v) is 10.0. The van der Waals surface area contributed by atoms with Crippen molar-refractivity contribution < 1.29 is 48.9 Å². The second-order valence-corrected chi connectivity index (χ2v) is 7.77. The number of ether oxygens (including phenoxy) is 4. The Morgan fingerprint density at radius 3 is 2.48 bits per heavy atom. The minimum Gasteiger partial charge on any atom is -0.504 e. The number of aliphatic hydroxyl groups is 2. The molecule has 2 fully saturated rings. The van der Waals surface area contributed by atoms with Crippen molar-refractivity contribution in [3.05, 3.63) is 58.4 Å². The number of benzene rings is 2. The smallest absolute Gasteiger partial charge is 0.336 e. The van der Waals surface area contributed by atoms with Crippen LogP contribution in [0.25, 0.3) is 11.0 Å². The zero-order chi connectivity index (χ0) is 23.3. The van der Waals surface area contributed by atoms with Gasteiger partial charge in [-0.25, -0.2) is 4.79 Å². The standard InChI is InChI=1S/C22H20O11/c23-11-3-1-10(5-12(11)24)21-29-8-16-20(33-21)18(27)19(28)22(32-16)31-15-6-9-2-4-17(26)30-14(9)7-13(15)25/h1-7,16,18-25,27-28H,8H2/t16-,18-,19-,20-,21?,22-/m1/s1. The van der Waals surface area contributed by atoms with Crippen LogP contribution in [-0.2, 0) is 14.2 Å². The number of hydrogen-bond donors (Lipinski definition) is 5. The number of phenolic OH excluding ortho intramolecular Hbond substituents is 3. The molecule has 5 rings (SSSR count). The minimum atomic E-state index is -1.54. The van der Waals surface area contributed by atoms with Crippen LogP contribution in [0.1, 0.15) is 11.9 Å². The third-order valence-corrected chi connectivity index (χ3v) is 5.55. The Morgan fingerprint density at radius 2 is 1.70 bits per heavy atom. The van der Waals surface area contributed by atoms with E-state index in [4.69, 9.17) is 23.4 Å². The predicted molar refractivity (Wildman–Crippen MR) is 109 cm³/mol. The van der Waals surface area contributed by atoms with Crippen molar-refractivity contribution in [2.45, 2.75) is 37.0 Å². The molecule has 0 radical (unpaired) electrons. The maximum atomic E-state index is 11.3. The Hall–Kier alpha value is -3.35. The zero-order valence-corrected chi connectivity index (χ0v) is 16.9. The molecule has 11 nitrogen and oxygen atoms in total. The van der Waals surface area contributed by atoms with Gasteiger partial charge in [0.25, 0.3) is 0 Å². The topological polar surface area (TPSA) is 168 Å². The number of phenols is 3. The summed E-state index contributed by atoms with van der Waals surface area (Å²) in [5.41, 5.74) is -0.0246. The summed E-state index contributed by atoms with van der Waals surface area (Å²) in [4.78, 5) is 11.3. The lowest BCUT2D eigenvalue weighted by molar-refractivity contribution is -0.350. The van der Waals surface area contributed by atoms with E-state index in [2.05, 4.69) is 0 Å². The number of aromatic hydroxyl groups is 3. The number of hydrogen-bond acceptors (Lipinski definition) is 11. The third kappa shape index (κ3) is 3.96. The molecule has 2 aliphatic heterocycles. The van der Waals surface area contributed by atoms with E-state index in [-0.39, 0.29) is 35.2 Å². The summed E-state index contributed by atoms with van der Waals surface area (Å²) in [6, 6.07) is 9.34. The lowest BCUT2D eigenvalue weighted by atomic mass is 9.98. The first-order chi connectivity index (χ1) is 15.8. The van der Waals surface area contributed by atoms with Crippen LogP contribution in [0, 0.1) is 0 Å². The lowest BCUT2D eigenvalue weighted by Gasteiger charge is -2.46. The summed E-state index contributed by atoms with van der Waals surface area (Å²) < 4.78 is 27.7. The molecule has 0 bridgehead atoms. The fourth-order valence-corrected chi connectivity index (χ4v) is 3.83. The van der Waals surface area contributed by atoms with Crippen molar-refractivity contribution in [2.24, 2.45) is 0 Å². The molecular weight excluding hydrogens is 440 g/mol. The quantitative estimate of drug-likeness (QED) is 0.277. The van der Waals surface area contributed by atoms with Crippen LogP contribution in [-0.4, -0.2) is 62.8 Å².